The third-order valence-corrected chi connectivity index (χ3v) is 3.95. The van der Waals surface area contributed by atoms with Crippen LogP contribution in [0.3, 0.4) is 0 Å². The zero-order valence-corrected chi connectivity index (χ0v) is 15.1. The SMILES string of the molecule is CN(C)CCN(CCN(C)C)C(=O)Nc1cccc2ccccc12. The van der Waals surface area contributed by atoms with Crippen LogP contribution in [0.15, 0.2) is 42.5 Å². The molecule has 1 N–H and O–H groups in total. The van der Waals surface area contributed by atoms with E-state index in [0.29, 0.717) is 13.1 Å². The van der Waals surface area contributed by atoms with Gasteiger partial charge in [0.15, 0.2) is 0 Å². The molecule has 0 bridgehead atoms. The normalized spacial score (nSPS) is 11.2. The lowest BCUT2D eigenvalue weighted by atomic mass is 10.1. The van der Waals surface area contributed by atoms with Crippen LogP contribution in [-0.2, 0) is 0 Å². The fraction of sp³-hybridized carbons (Fsp3) is 0.421. The van der Waals surface area contributed by atoms with Crippen LogP contribution in [0.25, 0.3) is 10.8 Å². The average Bonchev–Trinajstić information content (AvgIpc) is 2.54. The van der Waals surface area contributed by atoms with Crippen molar-refractivity contribution in [3.63, 3.8) is 0 Å². The number of amides is 2. The Labute approximate surface area is 144 Å². The Kier molecular flexibility index (Phi) is 6.58. The van der Waals surface area contributed by atoms with Gasteiger partial charge in [-0.25, -0.2) is 4.79 Å². The first-order valence-electron chi connectivity index (χ1n) is 8.30. The summed E-state index contributed by atoms with van der Waals surface area (Å²) in [5, 5.41) is 5.27. The first-order chi connectivity index (χ1) is 11.5. The van der Waals surface area contributed by atoms with Gasteiger partial charge in [-0.05, 0) is 39.6 Å². The smallest absolute Gasteiger partial charge is 0.321 e. The number of carbonyl (C=O) groups excluding carboxylic acids is 1. The number of hydrogen-bond acceptors (Lipinski definition) is 3. The topological polar surface area (TPSA) is 38.8 Å². The lowest BCUT2D eigenvalue weighted by Crippen LogP contribution is -2.42. The summed E-state index contributed by atoms with van der Waals surface area (Å²) in [5.41, 5.74) is 0.859. The van der Waals surface area contributed by atoms with Crippen LogP contribution in [0, 0.1) is 0 Å². The van der Waals surface area contributed by atoms with E-state index in [1.165, 1.54) is 0 Å². The minimum atomic E-state index is -0.0462. The van der Waals surface area contributed by atoms with Gasteiger partial charge in [-0.3, -0.25) is 0 Å². The second-order valence-corrected chi connectivity index (χ2v) is 6.55. The highest BCUT2D eigenvalue weighted by Crippen LogP contribution is 2.23. The molecule has 2 aromatic rings. The van der Waals surface area contributed by atoms with Crippen LogP contribution in [-0.4, -0.2) is 75.1 Å². The van der Waals surface area contributed by atoms with Crippen molar-refractivity contribution < 1.29 is 4.79 Å². The van der Waals surface area contributed by atoms with Crippen molar-refractivity contribution >= 4 is 22.5 Å². The van der Waals surface area contributed by atoms with E-state index < -0.39 is 0 Å². The third kappa shape index (κ3) is 5.22. The van der Waals surface area contributed by atoms with E-state index in [1.54, 1.807) is 0 Å². The first-order valence-corrected chi connectivity index (χ1v) is 8.30. The fourth-order valence-electron chi connectivity index (χ4n) is 2.48. The summed E-state index contributed by atoms with van der Waals surface area (Å²) in [5.74, 6) is 0. The number of likely N-dealkylation sites (N-methyl/N-ethyl adjacent to an activating group) is 2. The van der Waals surface area contributed by atoms with Crippen molar-refractivity contribution in [2.24, 2.45) is 0 Å². The van der Waals surface area contributed by atoms with Gasteiger partial charge in [0, 0.05) is 31.6 Å². The minimum Gasteiger partial charge on any atom is -0.322 e. The molecule has 5 nitrogen and oxygen atoms in total. The molecule has 0 unspecified atom stereocenters. The molecule has 0 aliphatic heterocycles. The average molecular weight is 328 g/mol. The Hall–Kier alpha value is -2.11. The lowest BCUT2D eigenvalue weighted by Gasteiger charge is -2.26. The van der Waals surface area contributed by atoms with Gasteiger partial charge < -0.3 is 20.0 Å². The molecule has 130 valence electrons. The second-order valence-electron chi connectivity index (χ2n) is 6.55. The van der Waals surface area contributed by atoms with Gasteiger partial charge in [-0.1, -0.05) is 36.4 Å². The number of carbonyl (C=O) groups is 1. The van der Waals surface area contributed by atoms with Crippen LogP contribution in [0.5, 0.6) is 0 Å². The summed E-state index contributed by atoms with van der Waals surface area (Å²) >= 11 is 0. The van der Waals surface area contributed by atoms with Crippen molar-refractivity contribution in [1.82, 2.24) is 14.7 Å². The third-order valence-electron chi connectivity index (χ3n) is 3.95. The standard InChI is InChI=1S/C19H28N4O/c1-21(2)12-14-23(15-13-22(3)4)19(24)20-18-11-7-9-16-8-5-6-10-17(16)18/h5-11H,12-15H2,1-4H3,(H,20,24). The molecule has 5 heteroatoms. The molecule has 0 aromatic heterocycles. The van der Waals surface area contributed by atoms with E-state index in [4.69, 9.17) is 0 Å². The van der Waals surface area contributed by atoms with Crippen LogP contribution in [0.2, 0.25) is 0 Å². The maximum absolute atomic E-state index is 12.8. The number of nitrogens with one attached hydrogen (secondary N) is 1. The van der Waals surface area contributed by atoms with Crippen molar-refractivity contribution in [1.29, 1.82) is 0 Å². The lowest BCUT2D eigenvalue weighted by molar-refractivity contribution is 0.198. The number of urea groups is 1. The molecule has 0 saturated heterocycles. The molecule has 24 heavy (non-hydrogen) atoms. The Morgan fingerprint density at radius 2 is 1.42 bits per heavy atom. The molecule has 0 spiro atoms. The molecular weight excluding hydrogens is 300 g/mol. The van der Waals surface area contributed by atoms with Gasteiger partial charge in [0.05, 0.1) is 5.69 Å². The number of benzene rings is 2. The van der Waals surface area contributed by atoms with Crippen molar-refractivity contribution in [3.05, 3.63) is 42.5 Å². The number of anilines is 1. The van der Waals surface area contributed by atoms with Crippen LogP contribution >= 0.6 is 0 Å². The summed E-state index contributed by atoms with van der Waals surface area (Å²) in [6.45, 7) is 3.10. The second kappa shape index (κ2) is 8.66. The van der Waals surface area contributed by atoms with E-state index >= 15 is 0 Å². The van der Waals surface area contributed by atoms with Crippen molar-refractivity contribution in [2.45, 2.75) is 0 Å². The van der Waals surface area contributed by atoms with Crippen LogP contribution in [0.4, 0.5) is 10.5 Å². The molecule has 2 rings (SSSR count). The molecule has 2 amide bonds. The van der Waals surface area contributed by atoms with E-state index in [9.17, 15) is 4.79 Å². The van der Waals surface area contributed by atoms with Crippen LogP contribution in [0.1, 0.15) is 0 Å². The highest BCUT2D eigenvalue weighted by Gasteiger charge is 2.15. The maximum atomic E-state index is 12.8. The molecule has 0 heterocycles. The van der Waals surface area contributed by atoms with E-state index in [0.717, 1.165) is 29.5 Å². The number of nitrogens with zero attached hydrogens (tertiary/aromatic N) is 3. The quantitative estimate of drug-likeness (QED) is 0.849. The van der Waals surface area contributed by atoms with Crippen molar-refractivity contribution in [3.8, 4) is 0 Å². The first kappa shape index (κ1) is 18.2. The van der Waals surface area contributed by atoms with Crippen LogP contribution < -0.4 is 5.32 Å². The molecule has 0 aliphatic rings. The number of hydrogen-bond donors (Lipinski definition) is 1. The molecule has 0 saturated carbocycles. The highest BCUT2D eigenvalue weighted by molar-refractivity contribution is 6.01. The molecular formula is C19H28N4O. The van der Waals surface area contributed by atoms with E-state index in [1.807, 2.05) is 63.4 Å². The van der Waals surface area contributed by atoms with E-state index in [2.05, 4.69) is 27.2 Å². The summed E-state index contributed by atoms with van der Waals surface area (Å²) in [7, 11) is 8.08. The monoisotopic (exact) mass is 328 g/mol. The number of fused-ring (bicyclic) bond motifs is 1. The molecule has 0 atom stereocenters. The van der Waals surface area contributed by atoms with Crippen molar-refractivity contribution in [2.75, 3.05) is 59.7 Å². The zero-order chi connectivity index (χ0) is 17.5. The van der Waals surface area contributed by atoms with Gasteiger partial charge >= 0.3 is 6.03 Å². The van der Waals surface area contributed by atoms with Gasteiger partial charge in [0.1, 0.15) is 0 Å². The molecule has 2 aromatic carbocycles. The maximum Gasteiger partial charge on any atom is 0.321 e. The Balaban J connectivity index is 2.12. The molecule has 0 fully saturated rings. The zero-order valence-electron chi connectivity index (χ0n) is 15.1. The fourth-order valence-corrected chi connectivity index (χ4v) is 2.48. The predicted molar refractivity (Wildman–Crippen MR) is 102 cm³/mol. The van der Waals surface area contributed by atoms with Gasteiger partial charge in [0.25, 0.3) is 0 Å². The number of rotatable bonds is 7. The van der Waals surface area contributed by atoms with Gasteiger partial charge in [-0.2, -0.15) is 0 Å². The molecule has 0 radical (unpaired) electrons. The highest BCUT2D eigenvalue weighted by atomic mass is 16.2. The summed E-state index contributed by atoms with van der Waals surface area (Å²) in [6.07, 6.45) is 0. The van der Waals surface area contributed by atoms with Gasteiger partial charge in [-0.15, -0.1) is 0 Å². The predicted octanol–water partition coefficient (Wildman–Crippen LogP) is 2.80. The Morgan fingerprint density at radius 3 is 2.04 bits per heavy atom. The molecule has 0 aliphatic carbocycles. The Morgan fingerprint density at radius 1 is 0.833 bits per heavy atom. The summed E-state index contributed by atoms with van der Waals surface area (Å²) in [6, 6.07) is 14.0. The largest absolute Gasteiger partial charge is 0.322 e. The summed E-state index contributed by atoms with van der Waals surface area (Å²) < 4.78 is 0. The van der Waals surface area contributed by atoms with Gasteiger partial charge in [0.2, 0.25) is 0 Å². The summed E-state index contributed by atoms with van der Waals surface area (Å²) in [4.78, 5) is 18.8. The Bertz CT molecular complexity index is 652. The van der Waals surface area contributed by atoms with E-state index in [-0.39, 0.29) is 6.03 Å². The minimum absolute atomic E-state index is 0.0462.